The maximum Gasteiger partial charge on any atom is 0.228 e. The molecule has 4 rings (SSSR count). The van der Waals surface area contributed by atoms with E-state index >= 15 is 0 Å². The topological polar surface area (TPSA) is 69.7 Å². The number of hydrogen-bond acceptors (Lipinski definition) is 3. The Morgan fingerprint density at radius 1 is 0.968 bits per heavy atom. The Labute approximate surface area is 181 Å². The van der Waals surface area contributed by atoms with Crippen molar-refractivity contribution in [3.05, 3.63) is 59.9 Å². The van der Waals surface area contributed by atoms with Crippen LogP contribution in [0.2, 0.25) is 0 Å². The number of rotatable bonds is 4. The molecule has 0 aromatic heterocycles. The first kappa shape index (κ1) is 21.0. The van der Waals surface area contributed by atoms with Gasteiger partial charge >= 0.3 is 0 Å². The lowest BCUT2D eigenvalue weighted by Crippen LogP contribution is -2.44. The summed E-state index contributed by atoms with van der Waals surface area (Å²) >= 11 is 0. The molecule has 2 aliphatic rings. The zero-order chi connectivity index (χ0) is 22.0. The fourth-order valence-electron chi connectivity index (χ4n) is 4.25. The molecule has 6 nitrogen and oxygen atoms in total. The van der Waals surface area contributed by atoms with Crippen molar-refractivity contribution in [1.29, 1.82) is 0 Å². The van der Waals surface area contributed by atoms with E-state index in [1.165, 1.54) is 24.3 Å². The van der Waals surface area contributed by atoms with E-state index in [1.807, 2.05) is 31.2 Å². The SMILES string of the molecule is Cc1ccc(N2C[C@@H](C(=O)N3CCC(C(=O)Nc4ccc(F)cc4)CC3)CC2=O)cc1. The molecule has 0 bridgehead atoms. The van der Waals surface area contributed by atoms with Crippen LogP contribution >= 0.6 is 0 Å². The van der Waals surface area contributed by atoms with Gasteiger partial charge in [0.25, 0.3) is 0 Å². The Bertz CT molecular complexity index is 967. The maximum absolute atomic E-state index is 13.0. The van der Waals surface area contributed by atoms with Crippen LogP contribution in [0.3, 0.4) is 0 Å². The van der Waals surface area contributed by atoms with Gasteiger partial charge in [0.1, 0.15) is 5.82 Å². The van der Waals surface area contributed by atoms with Gasteiger partial charge in [0.05, 0.1) is 5.92 Å². The summed E-state index contributed by atoms with van der Waals surface area (Å²) in [5.41, 5.74) is 2.50. The molecular weight excluding hydrogens is 397 g/mol. The molecule has 31 heavy (non-hydrogen) atoms. The number of carbonyl (C=O) groups is 3. The van der Waals surface area contributed by atoms with Crippen molar-refractivity contribution in [2.45, 2.75) is 26.2 Å². The molecule has 0 spiro atoms. The molecule has 1 N–H and O–H groups in total. The Kier molecular flexibility index (Phi) is 6.02. The van der Waals surface area contributed by atoms with Crippen LogP contribution in [0.1, 0.15) is 24.8 Å². The minimum absolute atomic E-state index is 0.0136. The first-order valence-electron chi connectivity index (χ1n) is 10.6. The van der Waals surface area contributed by atoms with E-state index in [0.717, 1.165) is 11.3 Å². The van der Waals surface area contributed by atoms with Gasteiger partial charge in [-0.25, -0.2) is 4.39 Å². The zero-order valence-electron chi connectivity index (χ0n) is 17.5. The van der Waals surface area contributed by atoms with Gasteiger partial charge in [-0.1, -0.05) is 17.7 Å². The van der Waals surface area contributed by atoms with E-state index < -0.39 is 0 Å². The van der Waals surface area contributed by atoms with E-state index in [2.05, 4.69) is 5.32 Å². The van der Waals surface area contributed by atoms with Crippen molar-refractivity contribution in [3.8, 4) is 0 Å². The highest BCUT2D eigenvalue weighted by atomic mass is 19.1. The number of hydrogen-bond donors (Lipinski definition) is 1. The lowest BCUT2D eigenvalue weighted by Gasteiger charge is -2.33. The van der Waals surface area contributed by atoms with Gasteiger partial charge in [-0.3, -0.25) is 14.4 Å². The number of nitrogens with zero attached hydrogens (tertiary/aromatic N) is 2. The zero-order valence-corrected chi connectivity index (χ0v) is 17.5. The van der Waals surface area contributed by atoms with Crippen LogP contribution in [-0.2, 0) is 14.4 Å². The number of carbonyl (C=O) groups excluding carboxylic acids is 3. The summed E-state index contributed by atoms with van der Waals surface area (Å²) in [6.07, 6.45) is 1.36. The molecule has 0 radical (unpaired) electrons. The van der Waals surface area contributed by atoms with Crippen molar-refractivity contribution in [3.63, 3.8) is 0 Å². The quantitative estimate of drug-likeness (QED) is 0.820. The molecule has 162 valence electrons. The van der Waals surface area contributed by atoms with Crippen molar-refractivity contribution in [2.75, 3.05) is 29.9 Å². The maximum atomic E-state index is 13.0. The Balaban J connectivity index is 1.30. The Hall–Kier alpha value is -3.22. The fraction of sp³-hybridized carbons (Fsp3) is 0.375. The van der Waals surface area contributed by atoms with Gasteiger partial charge in [-0.2, -0.15) is 0 Å². The summed E-state index contributed by atoms with van der Waals surface area (Å²) in [7, 11) is 0. The van der Waals surface area contributed by atoms with Gasteiger partial charge in [0.15, 0.2) is 0 Å². The second-order valence-corrected chi connectivity index (χ2v) is 8.34. The average molecular weight is 423 g/mol. The number of nitrogens with one attached hydrogen (secondary N) is 1. The fourth-order valence-corrected chi connectivity index (χ4v) is 4.25. The first-order chi connectivity index (χ1) is 14.9. The number of anilines is 2. The highest BCUT2D eigenvalue weighted by Crippen LogP contribution is 2.28. The monoisotopic (exact) mass is 423 g/mol. The lowest BCUT2D eigenvalue weighted by atomic mass is 9.94. The largest absolute Gasteiger partial charge is 0.342 e. The number of piperidine rings is 1. The number of halogens is 1. The van der Waals surface area contributed by atoms with E-state index in [0.29, 0.717) is 38.2 Å². The van der Waals surface area contributed by atoms with Crippen LogP contribution in [0, 0.1) is 24.6 Å². The molecule has 0 aliphatic carbocycles. The molecule has 2 aromatic carbocycles. The predicted molar refractivity (Wildman–Crippen MR) is 116 cm³/mol. The standard InChI is InChI=1S/C24H26FN3O3/c1-16-2-8-21(9-3-16)28-15-18(14-22(28)29)24(31)27-12-10-17(11-13-27)23(30)26-20-6-4-19(25)5-7-20/h2-9,17-18H,10-15H2,1H3,(H,26,30)/t18-/m0/s1. The Morgan fingerprint density at radius 2 is 1.61 bits per heavy atom. The van der Waals surface area contributed by atoms with Crippen molar-refractivity contribution in [2.24, 2.45) is 11.8 Å². The third kappa shape index (κ3) is 4.76. The van der Waals surface area contributed by atoms with Crippen molar-refractivity contribution < 1.29 is 18.8 Å². The molecule has 7 heteroatoms. The van der Waals surface area contributed by atoms with Gasteiger partial charge in [-0.15, -0.1) is 0 Å². The summed E-state index contributed by atoms with van der Waals surface area (Å²) < 4.78 is 13.0. The minimum Gasteiger partial charge on any atom is -0.342 e. The highest BCUT2D eigenvalue weighted by molar-refractivity contribution is 6.00. The number of aryl methyl sites for hydroxylation is 1. The molecule has 2 aliphatic heterocycles. The number of likely N-dealkylation sites (tertiary alicyclic amines) is 1. The second-order valence-electron chi connectivity index (χ2n) is 8.34. The summed E-state index contributed by atoms with van der Waals surface area (Å²) in [5.74, 6) is -1.05. The van der Waals surface area contributed by atoms with Gasteiger partial charge in [0, 0.05) is 43.3 Å². The van der Waals surface area contributed by atoms with E-state index in [1.54, 1.807) is 9.80 Å². The van der Waals surface area contributed by atoms with E-state index in [9.17, 15) is 18.8 Å². The summed E-state index contributed by atoms with van der Waals surface area (Å²) in [6.45, 7) is 3.38. The number of amides is 3. The molecule has 0 unspecified atom stereocenters. The van der Waals surface area contributed by atoms with Crippen LogP contribution in [0.5, 0.6) is 0 Å². The van der Waals surface area contributed by atoms with Crippen molar-refractivity contribution >= 4 is 29.1 Å². The highest BCUT2D eigenvalue weighted by Gasteiger charge is 2.38. The van der Waals surface area contributed by atoms with Crippen LogP contribution in [0.15, 0.2) is 48.5 Å². The van der Waals surface area contributed by atoms with E-state index in [-0.39, 0.29) is 41.8 Å². The lowest BCUT2D eigenvalue weighted by molar-refractivity contribution is -0.138. The molecule has 0 saturated carbocycles. The third-order valence-corrected chi connectivity index (χ3v) is 6.11. The van der Waals surface area contributed by atoms with Crippen molar-refractivity contribution in [1.82, 2.24) is 4.90 Å². The summed E-state index contributed by atoms with van der Waals surface area (Å²) in [5, 5.41) is 2.81. The molecule has 2 fully saturated rings. The first-order valence-corrected chi connectivity index (χ1v) is 10.6. The summed E-state index contributed by atoms with van der Waals surface area (Å²) in [4.78, 5) is 41.4. The molecular formula is C24H26FN3O3. The normalized spacial score (nSPS) is 19.5. The second kappa shape index (κ2) is 8.88. The molecule has 3 amide bonds. The average Bonchev–Trinajstić information content (AvgIpc) is 3.17. The summed E-state index contributed by atoms with van der Waals surface area (Å²) in [6, 6.07) is 13.4. The van der Waals surface area contributed by atoms with Gasteiger partial charge in [0.2, 0.25) is 17.7 Å². The smallest absolute Gasteiger partial charge is 0.228 e. The van der Waals surface area contributed by atoms with Crippen LogP contribution < -0.4 is 10.2 Å². The Morgan fingerprint density at radius 3 is 2.26 bits per heavy atom. The predicted octanol–water partition coefficient (Wildman–Crippen LogP) is 3.36. The van der Waals surface area contributed by atoms with Gasteiger partial charge < -0.3 is 15.1 Å². The molecule has 2 saturated heterocycles. The molecule has 2 heterocycles. The van der Waals surface area contributed by atoms with Crippen LogP contribution in [0.4, 0.5) is 15.8 Å². The molecule has 2 aromatic rings. The molecule has 1 atom stereocenters. The number of benzene rings is 2. The third-order valence-electron chi connectivity index (χ3n) is 6.11. The van der Waals surface area contributed by atoms with Crippen LogP contribution in [-0.4, -0.2) is 42.3 Å². The minimum atomic E-state index is -0.351. The van der Waals surface area contributed by atoms with Crippen LogP contribution in [0.25, 0.3) is 0 Å². The van der Waals surface area contributed by atoms with E-state index in [4.69, 9.17) is 0 Å². The van der Waals surface area contributed by atoms with Gasteiger partial charge in [-0.05, 0) is 56.2 Å².